The Morgan fingerprint density at radius 1 is 1.24 bits per heavy atom. The Morgan fingerprint density at radius 2 is 1.94 bits per heavy atom. The fourth-order valence-corrected chi connectivity index (χ4v) is 1.91. The van der Waals surface area contributed by atoms with Gasteiger partial charge >= 0.3 is 0 Å². The molecular weight excluding hydrogens is 210 g/mol. The number of nitrogens with two attached hydrogens (primary N) is 1. The fourth-order valence-electron chi connectivity index (χ4n) is 1.91. The predicted molar refractivity (Wildman–Crippen MR) is 73.7 cm³/mol. The summed E-state index contributed by atoms with van der Waals surface area (Å²) in [5, 5.41) is 0. The molecule has 0 saturated heterocycles. The molecule has 96 valence electrons. The summed E-state index contributed by atoms with van der Waals surface area (Å²) in [4.78, 5) is 0. The van der Waals surface area contributed by atoms with E-state index in [1.165, 1.54) is 11.1 Å². The molecular formula is C15H25NO. The predicted octanol–water partition coefficient (Wildman–Crippen LogP) is 3.27. The third-order valence-corrected chi connectivity index (χ3v) is 2.82. The smallest absolute Gasteiger partial charge is 0.123 e. The van der Waals surface area contributed by atoms with Crippen LogP contribution >= 0.6 is 0 Å². The van der Waals surface area contributed by atoms with Crippen molar-refractivity contribution in [1.82, 2.24) is 0 Å². The minimum absolute atomic E-state index is 0.114. The Balaban J connectivity index is 3.01. The van der Waals surface area contributed by atoms with Crippen molar-refractivity contribution >= 4 is 0 Å². The molecule has 1 aromatic carbocycles. The van der Waals surface area contributed by atoms with Gasteiger partial charge in [-0.15, -0.1) is 0 Å². The van der Waals surface area contributed by atoms with Gasteiger partial charge in [-0.3, -0.25) is 0 Å². The standard InChI is InChI=1S/C15H25NO/c1-5-17-14-9-8-12(7-6-10-16)11-13(14)15(2,3)4/h8-9,11H,5-7,10,16H2,1-4H3. The Kier molecular flexibility index (Phi) is 5.01. The number of hydrogen-bond donors (Lipinski definition) is 1. The van der Waals surface area contributed by atoms with Crippen molar-refractivity contribution in [3.8, 4) is 5.75 Å². The summed E-state index contributed by atoms with van der Waals surface area (Å²) < 4.78 is 5.70. The SMILES string of the molecule is CCOc1ccc(CCCN)cc1C(C)(C)C. The third-order valence-electron chi connectivity index (χ3n) is 2.82. The minimum Gasteiger partial charge on any atom is -0.494 e. The second kappa shape index (κ2) is 6.06. The molecule has 0 spiro atoms. The van der Waals surface area contributed by atoms with Crippen molar-refractivity contribution in [1.29, 1.82) is 0 Å². The first-order valence-corrected chi connectivity index (χ1v) is 6.45. The van der Waals surface area contributed by atoms with E-state index in [1.54, 1.807) is 0 Å². The summed E-state index contributed by atoms with van der Waals surface area (Å²) in [7, 11) is 0. The van der Waals surface area contributed by atoms with Crippen LogP contribution in [-0.4, -0.2) is 13.2 Å². The highest BCUT2D eigenvalue weighted by Gasteiger charge is 2.19. The van der Waals surface area contributed by atoms with E-state index >= 15 is 0 Å². The Hall–Kier alpha value is -1.02. The maximum absolute atomic E-state index is 5.70. The number of hydrogen-bond acceptors (Lipinski definition) is 2. The summed E-state index contributed by atoms with van der Waals surface area (Å²) in [6, 6.07) is 6.51. The zero-order valence-corrected chi connectivity index (χ0v) is 11.5. The minimum atomic E-state index is 0.114. The fraction of sp³-hybridized carbons (Fsp3) is 0.600. The second-order valence-electron chi connectivity index (χ2n) is 5.41. The van der Waals surface area contributed by atoms with Crippen LogP contribution in [0.1, 0.15) is 45.2 Å². The molecule has 0 unspecified atom stereocenters. The molecule has 0 aliphatic heterocycles. The van der Waals surface area contributed by atoms with Crippen molar-refractivity contribution in [2.75, 3.05) is 13.2 Å². The van der Waals surface area contributed by atoms with Crippen molar-refractivity contribution < 1.29 is 4.74 Å². The average molecular weight is 235 g/mol. The van der Waals surface area contributed by atoms with Gasteiger partial charge in [0.15, 0.2) is 0 Å². The first-order chi connectivity index (χ1) is 7.99. The highest BCUT2D eigenvalue weighted by Crippen LogP contribution is 2.32. The summed E-state index contributed by atoms with van der Waals surface area (Å²) in [6.45, 7) is 10.1. The van der Waals surface area contributed by atoms with Crippen LogP contribution in [0.3, 0.4) is 0 Å². The van der Waals surface area contributed by atoms with E-state index in [0.717, 1.165) is 25.1 Å². The maximum Gasteiger partial charge on any atom is 0.123 e. The van der Waals surface area contributed by atoms with Crippen LogP contribution in [0.2, 0.25) is 0 Å². The van der Waals surface area contributed by atoms with Gasteiger partial charge in [-0.25, -0.2) is 0 Å². The number of aryl methyl sites for hydroxylation is 1. The quantitative estimate of drug-likeness (QED) is 0.850. The third kappa shape index (κ3) is 4.04. The number of benzene rings is 1. The van der Waals surface area contributed by atoms with E-state index < -0.39 is 0 Å². The molecule has 2 heteroatoms. The van der Waals surface area contributed by atoms with Gasteiger partial charge in [-0.05, 0) is 48.9 Å². The molecule has 2 N–H and O–H groups in total. The van der Waals surface area contributed by atoms with Crippen LogP contribution in [-0.2, 0) is 11.8 Å². The van der Waals surface area contributed by atoms with Gasteiger partial charge in [-0.1, -0.05) is 32.9 Å². The molecule has 0 atom stereocenters. The first-order valence-electron chi connectivity index (χ1n) is 6.45. The normalized spacial score (nSPS) is 11.6. The lowest BCUT2D eigenvalue weighted by Gasteiger charge is -2.23. The lowest BCUT2D eigenvalue weighted by atomic mass is 9.85. The monoisotopic (exact) mass is 235 g/mol. The first kappa shape index (κ1) is 14.0. The van der Waals surface area contributed by atoms with Gasteiger partial charge in [0.2, 0.25) is 0 Å². The van der Waals surface area contributed by atoms with E-state index in [2.05, 4.69) is 39.0 Å². The van der Waals surface area contributed by atoms with Crippen LogP contribution < -0.4 is 10.5 Å². The Morgan fingerprint density at radius 3 is 2.47 bits per heavy atom. The molecule has 0 heterocycles. The summed E-state index contributed by atoms with van der Waals surface area (Å²) >= 11 is 0. The van der Waals surface area contributed by atoms with E-state index in [-0.39, 0.29) is 5.41 Å². The van der Waals surface area contributed by atoms with Gasteiger partial charge < -0.3 is 10.5 Å². The lowest BCUT2D eigenvalue weighted by molar-refractivity contribution is 0.329. The molecule has 0 saturated carbocycles. The molecule has 1 rings (SSSR count). The Labute approximate surface area is 105 Å². The zero-order chi connectivity index (χ0) is 12.9. The molecule has 0 fully saturated rings. The molecule has 2 nitrogen and oxygen atoms in total. The summed E-state index contributed by atoms with van der Waals surface area (Å²) in [6.07, 6.45) is 2.09. The van der Waals surface area contributed by atoms with E-state index in [0.29, 0.717) is 6.61 Å². The molecule has 0 amide bonds. The number of rotatable bonds is 5. The van der Waals surface area contributed by atoms with Crippen LogP contribution in [0.25, 0.3) is 0 Å². The topological polar surface area (TPSA) is 35.2 Å². The molecule has 0 aliphatic rings. The van der Waals surface area contributed by atoms with Crippen molar-refractivity contribution in [3.63, 3.8) is 0 Å². The summed E-state index contributed by atoms with van der Waals surface area (Å²) in [5.41, 5.74) is 8.30. The van der Waals surface area contributed by atoms with Crippen LogP contribution in [0.4, 0.5) is 0 Å². The van der Waals surface area contributed by atoms with Crippen LogP contribution in [0.5, 0.6) is 5.75 Å². The molecule has 0 aromatic heterocycles. The molecule has 17 heavy (non-hydrogen) atoms. The van der Waals surface area contributed by atoms with E-state index in [9.17, 15) is 0 Å². The van der Waals surface area contributed by atoms with Crippen LogP contribution in [0.15, 0.2) is 18.2 Å². The maximum atomic E-state index is 5.70. The lowest BCUT2D eigenvalue weighted by Crippen LogP contribution is -2.14. The second-order valence-corrected chi connectivity index (χ2v) is 5.41. The highest BCUT2D eigenvalue weighted by atomic mass is 16.5. The molecule has 0 bridgehead atoms. The van der Waals surface area contributed by atoms with Gasteiger partial charge in [0.25, 0.3) is 0 Å². The number of ether oxygens (including phenoxy) is 1. The van der Waals surface area contributed by atoms with Crippen LogP contribution in [0, 0.1) is 0 Å². The molecule has 0 radical (unpaired) electrons. The summed E-state index contributed by atoms with van der Waals surface area (Å²) in [5.74, 6) is 1.01. The Bertz CT molecular complexity index is 352. The van der Waals surface area contributed by atoms with Gasteiger partial charge in [0.1, 0.15) is 5.75 Å². The highest BCUT2D eigenvalue weighted by molar-refractivity contribution is 5.41. The van der Waals surface area contributed by atoms with Gasteiger partial charge in [0, 0.05) is 0 Å². The van der Waals surface area contributed by atoms with Gasteiger partial charge in [-0.2, -0.15) is 0 Å². The average Bonchev–Trinajstić information content (AvgIpc) is 2.26. The molecule has 0 aliphatic carbocycles. The largest absolute Gasteiger partial charge is 0.494 e. The van der Waals surface area contributed by atoms with Crippen molar-refractivity contribution in [2.24, 2.45) is 5.73 Å². The van der Waals surface area contributed by atoms with E-state index in [4.69, 9.17) is 10.5 Å². The van der Waals surface area contributed by atoms with Gasteiger partial charge in [0.05, 0.1) is 6.61 Å². The molecule has 1 aromatic rings. The van der Waals surface area contributed by atoms with E-state index in [1.807, 2.05) is 6.92 Å². The zero-order valence-electron chi connectivity index (χ0n) is 11.5. The van der Waals surface area contributed by atoms with Crippen molar-refractivity contribution in [2.45, 2.75) is 46.0 Å². The van der Waals surface area contributed by atoms with Crippen molar-refractivity contribution in [3.05, 3.63) is 29.3 Å².